The number of carbonyl (C=O) groups is 1. The highest BCUT2D eigenvalue weighted by Gasteiger charge is 2.12. The van der Waals surface area contributed by atoms with Crippen molar-refractivity contribution in [2.45, 2.75) is 32.4 Å². The molecule has 11 heavy (non-hydrogen) atoms. The predicted molar refractivity (Wildman–Crippen MR) is 48.8 cm³/mol. The van der Waals surface area contributed by atoms with E-state index < -0.39 is 0 Å². The van der Waals surface area contributed by atoms with E-state index in [0.717, 1.165) is 12.2 Å². The average molecular weight is 176 g/mol. The minimum Gasteiger partial charge on any atom is -0.465 e. The van der Waals surface area contributed by atoms with E-state index in [-0.39, 0.29) is 11.2 Å². The third-order valence-corrected chi connectivity index (χ3v) is 2.53. The van der Waals surface area contributed by atoms with Crippen LogP contribution in [0.2, 0.25) is 0 Å². The van der Waals surface area contributed by atoms with E-state index in [0.29, 0.717) is 6.61 Å². The topological polar surface area (TPSA) is 26.3 Å². The lowest BCUT2D eigenvalue weighted by Gasteiger charge is -2.08. The number of hydrogen-bond acceptors (Lipinski definition) is 3. The lowest BCUT2D eigenvalue weighted by Crippen LogP contribution is -2.17. The molecule has 0 heterocycles. The Morgan fingerprint density at radius 1 is 1.55 bits per heavy atom. The molecule has 0 aliphatic carbocycles. The molecule has 0 N–H and O–H groups in total. The van der Waals surface area contributed by atoms with E-state index in [1.165, 1.54) is 0 Å². The maximum Gasteiger partial charge on any atom is 0.318 e. The summed E-state index contributed by atoms with van der Waals surface area (Å²) in [5.74, 6) is 0.936. The van der Waals surface area contributed by atoms with E-state index in [9.17, 15) is 4.79 Å². The smallest absolute Gasteiger partial charge is 0.318 e. The van der Waals surface area contributed by atoms with Gasteiger partial charge in [-0.05, 0) is 26.0 Å². The van der Waals surface area contributed by atoms with E-state index in [1.54, 1.807) is 11.8 Å². The maximum absolute atomic E-state index is 11.0. The van der Waals surface area contributed by atoms with Gasteiger partial charge in [-0.2, -0.15) is 0 Å². The molecule has 3 heteroatoms. The first kappa shape index (κ1) is 10.8. The Kier molecular flexibility index (Phi) is 6.42. The zero-order valence-electron chi connectivity index (χ0n) is 7.42. The van der Waals surface area contributed by atoms with Gasteiger partial charge in [0.2, 0.25) is 0 Å². The van der Waals surface area contributed by atoms with Gasteiger partial charge in [0, 0.05) is 0 Å². The van der Waals surface area contributed by atoms with Gasteiger partial charge >= 0.3 is 5.97 Å². The van der Waals surface area contributed by atoms with Crippen molar-refractivity contribution < 1.29 is 9.53 Å². The molecule has 0 aromatic carbocycles. The number of esters is 1. The number of thioether (sulfide) groups is 1. The van der Waals surface area contributed by atoms with Crippen LogP contribution in [0.5, 0.6) is 0 Å². The first-order chi connectivity index (χ1) is 5.22. The lowest BCUT2D eigenvalue weighted by molar-refractivity contribution is -0.142. The van der Waals surface area contributed by atoms with Gasteiger partial charge in [-0.15, -0.1) is 11.8 Å². The molecule has 1 atom stereocenters. The van der Waals surface area contributed by atoms with Crippen molar-refractivity contribution in [3.05, 3.63) is 0 Å². The molecule has 0 saturated carbocycles. The Morgan fingerprint density at radius 3 is 2.64 bits per heavy atom. The van der Waals surface area contributed by atoms with Crippen molar-refractivity contribution in [1.29, 1.82) is 0 Å². The van der Waals surface area contributed by atoms with E-state index in [4.69, 9.17) is 4.74 Å². The number of carbonyl (C=O) groups excluding carboxylic acids is 1. The lowest BCUT2D eigenvalue weighted by atomic mass is 10.5. The molecule has 0 aliphatic rings. The highest BCUT2D eigenvalue weighted by Crippen LogP contribution is 2.12. The first-order valence-electron chi connectivity index (χ1n) is 4.00. The van der Waals surface area contributed by atoms with Crippen LogP contribution in [0.25, 0.3) is 0 Å². The van der Waals surface area contributed by atoms with Crippen molar-refractivity contribution in [2.24, 2.45) is 0 Å². The Bertz CT molecular complexity index is 115. The van der Waals surface area contributed by atoms with Crippen molar-refractivity contribution in [1.82, 2.24) is 0 Å². The van der Waals surface area contributed by atoms with Crippen molar-refractivity contribution in [3.8, 4) is 0 Å². The number of rotatable bonds is 5. The fourth-order valence-corrected chi connectivity index (χ4v) is 1.42. The zero-order chi connectivity index (χ0) is 8.69. The standard InChI is InChI=1S/C8H16O2S/c1-4-6-11-7(3)8(9)10-5-2/h7H,4-6H2,1-3H3. The van der Waals surface area contributed by atoms with Crippen LogP contribution >= 0.6 is 11.8 Å². The number of ether oxygens (including phenoxy) is 1. The molecule has 0 amide bonds. The molecule has 0 saturated heterocycles. The van der Waals surface area contributed by atoms with Gasteiger partial charge in [-0.1, -0.05) is 6.92 Å². The average Bonchev–Trinajstić information content (AvgIpc) is 2.00. The van der Waals surface area contributed by atoms with E-state index in [2.05, 4.69) is 6.92 Å². The Hall–Kier alpha value is -0.180. The van der Waals surface area contributed by atoms with Gasteiger partial charge in [0.05, 0.1) is 11.9 Å². The molecule has 1 unspecified atom stereocenters. The summed E-state index contributed by atoms with van der Waals surface area (Å²) in [4.78, 5) is 11.0. The molecule has 66 valence electrons. The van der Waals surface area contributed by atoms with Crippen molar-refractivity contribution >= 4 is 17.7 Å². The fraction of sp³-hybridized carbons (Fsp3) is 0.875. The monoisotopic (exact) mass is 176 g/mol. The van der Waals surface area contributed by atoms with E-state index >= 15 is 0 Å². The molecule has 0 rings (SSSR count). The first-order valence-corrected chi connectivity index (χ1v) is 5.05. The largest absolute Gasteiger partial charge is 0.465 e. The Morgan fingerprint density at radius 2 is 2.18 bits per heavy atom. The highest BCUT2D eigenvalue weighted by molar-refractivity contribution is 8.00. The summed E-state index contributed by atoms with van der Waals surface area (Å²) in [5, 5.41) is -0.00472. The molecule has 0 bridgehead atoms. The van der Waals surface area contributed by atoms with Crippen LogP contribution in [0.1, 0.15) is 27.2 Å². The molecule has 0 spiro atoms. The summed E-state index contributed by atoms with van der Waals surface area (Å²) in [6, 6.07) is 0. The van der Waals surface area contributed by atoms with Crippen LogP contribution in [0.4, 0.5) is 0 Å². The summed E-state index contributed by atoms with van der Waals surface area (Å²) in [6.07, 6.45) is 1.11. The Balaban J connectivity index is 3.46. The van der Waals surface area contributed by atoms with Gasteiger partial charge in [-0.25, -0.2) is 0 Å². The molecular formula is C8H16O2S. The van der Waals surface area contributed by atoms with Gasteiger partial charge < -0.3 is 4.74 Å². The second-order valence-corrected chi connectivity index (χ2v) is 3.71. The van der Waals surface area contributed by atoms with Gasteiger partial charge in [0.1, 0.15) is 0 Å². The minimum absolute atomic E-state index is 0.00472. The zero-order valence-corrected chi connectivity index (χ0v) is 8.24. The highest BCUT2D eigenvalue weighted by atomic mass is 32.2. The predicted octanol–water partition coefficient (Wildman–Crippen LogP) is 2.08. The summed E-state index contributed by atoms with van der Waals surface area (Å²) in [7, 11) is 0. The number of hydrogen-bond donors (Lipinski definition) is 0. The normalized spacial score (nSPS) is 12.6. The van der Waals surface area contributed by atoms with Gasteiger partial charge in [0.25, 0.3) is 0 Å². The maximum atomic E-state index is 11.0. The second kappa shape index (κ2) is 6.53. The third-order valence-electron chi connectivity index (χ3n) is 1.19. The van der Waals surface area contributed by atoms with Crippen LogP contribution in [0, 0.1) is 0 Å². The molecular weight excluding hydrogens is 160 g/mol. The van der Waals surface area contributed by atoms with Crippen LogP contribution in [0.15, 0.2) is 0 Å². The molecule has 2 nitrogen and oxygen atoms in total. The van der Waals surface area contributed by atoms with Crippen LogP contribution < -0.4 is 0 Å². The SMILES string of the molecule is CCCSC(C)C(=O)OCC. The summed E-state index contributed by atoms with van der Waals surface area (Å²) >= 11 is 1.65. The molecule has 0 aromatic heterocycles. The quantitative estimate of drug-likeness (QED) is 0.600. The molecule has 0 radical (unpaired) electrons. The Labute approximate surface area is 72.7 Å². The second-order valence-electron chi connectivity index (χ2n) is 2.27. The molecule has 0 aromatic rings. The van der Waals surface area contributed by atoms with Gasteiger partial charge in [0.15, 0.2) is 0 Å². The van der Waals surface area contributed by atoms with Crippen LogP contribution in [-0.4, -0.2) is 23.6 Å². The molecule has 0 fully saturated rings. The minimum atomic E-state index is -0.0917. The van der Waals surface area contributed by atoms with Crippen LogP contribution in [0.3, 0.4) is 0 Å². The molecule has 0 aliphatic heterocycles. The van der Waals surface area contributed by atoms with Crippen molar-refractivity contribution in [2.75, 3.05) is 12.4 Å². The van der Waals surface area contributed by atoms with Gasteiger partial charge in [-0.3, -0.25) is 4.79 Å². The summed E-state index contributed by atoms with van der Waals surface area (Å²) in [6.45, 7) is 6.30. The third kappa shape index (κ3) is 5.13. The fourth-order valence-electron chi connectivity index (χ4n) is 0.622. The van der Waals surface area contributed by atoms with Crippen LogP contribution in [-0.2, 0) is 9.53 Å². The van der Waals surface area contributed by atoms with Crippen molar-refractivity contribution in [3.63, 3.8) is 0 Å². The van der Waals surface area contributed by atoms with E-state index in [1.807, 2.05) is 13.8 Å². The summed E-state index contributed by atoms with van der Waals surface area (Å²) < 4.78 is 4.84. The summed E-state index contributed by atoms with van der Waals surface area (Å²) in [5.41, 5.74) is 0.